The van der Waals surface area contributed by atoms with Gasteiger partial charge in [-0.05, 0) is 18.3 Å². The Morgan fingerprint density at radius 2 is 1.43 bits per heavy atom. The number of allylic oxidation sites excluding steroid dienone is 2. The van der Waals surface area contributed by atoms with E-state index >= 15 is 0 Å². The zero-order valence-corrected chi connectivity index (χ0v) is 8.94. The van der Waals surface area contributed by atoms with E-state index in [1.807, 2.05) is 0 Å². The quantitative estimate of drug-likeness (QED) is 0.502. The average Bonchev–Trinajstić information content (AvgIpc) is 2.64. The van der Waals surface area contributed by atoms with E-state index < -0.39 is 0 Å². The summed E-state index contributed by atoms with van der Waals surface area (Å²) in [4.78, 5) is 22.6. The number of carbonyl (C=O) groups is 2. The first-order valence-electron chi connectivity index (χ1n) is 4.30. The van der Waals surface area contributed by atoms with Crippen molar-refractivity contribution < 1.29 is 9.59 Å². The molecular formula is C9H11Cl2NO2. The molecule has 3 nitrogen and oxygen atoms in total. The molecule has 1 saturated heterocycles. The van der Waals surface area contributed by atoms with Gasteiger partial charge in [0.05, 0.1) is 11.8 Å². The summed E-state index contributed by atoms with van der Waals surface area (Å²) in [6, 6.07) is 0. The van der Waals surface area contributed by atoms with Crippen molar-refractivity contribution >= 4 is 36.6 Å². The van der Waals surface area contributed by atoms with Crippen molar-refractivity contribution in [1.29, 1.82) is 0 Å². The van der Waals surface area contributed by atoms with Gasteiger partial charge in [-0.25, -0.2) is 0 Å². The summed E-state index contributed by atoms with van der Waals surface area (Å²) in [5, 5.41) is 2.40. The van der Waals surface area contributed by atoms with Gasteiger partial charge in [0.1, 0.15) is 0 Å². The molecule has 14 heavy (non-hydrogen) atoms. The number of hydrogen-bond acceptors (Lipinski definition) is 2. The minimum absolute atomic E-state index is 0. The maximum Gasteiger partial charge on any atom is 0.231 e. The number of halogens is 2. The van der Waals surface area contributed by atoms with Gasteiger partial charge in [-0.1, -0.05) is 12.2 Å². The van der Waals surface area contributed by atoms with E-state index in [4.69, 9.17) is 0 Å². The van der Waals surface area contributed by atoms with Crippen molar-refractivity contribution in [3.05, 3.63) is 12.2 Å². The second-order valence-corrected chi connectivity index (χ2v) is 3.85. The standard InChI is InChI=1S/C9H9NO2.2ClH/c11-8-6-4-1-2-5(3-4)7(6)9(12)10-8;;/h1-2,4-7H,3H2,(H,10,11,12);2*1H. The van der Waals surface area contributed by atoms with Gasteiger partial charge in [0.2, 0.25) is 11.8 Å². The first-order valence-corrected chi connectivity index (χ1v) is 4.30. The molecule has 1 heterocycles. The fourth-order valence-electron chi connectivity index (χ4n) is 2.83. The van der Waals surface area contributed by atoms with Crippen molar-refractivity contribution in [1.82, 2.24) is 5.32 Å². The van der Waals surface area contributed by atoms with Crippen molar-refractivity contribution in [2.45, 2.75) is 6.42 Å². The summed E-state index contributed by atoms with van der Waals surface area (Å²) >= 11 is 0. The first kappa shape index (κ1) is 11.5. The molecule has 0 radical (unpaired) electrons. The summed E-state index contributed by atoms with van der Waals surface area (Å²) in [7, 11) is 0. The molecule has 2 bridgehead atoms. The molecule has 1 aliphatic heterocycles. The molecule has 2 aliphatic carbocycles. The summed E-state index contributed by atoms with van der Waals surface area (Å²) in [6.07, 6.45) is 5.18. The summed E-state index contributed by atoms with van der Waals surface area (Å²) < 4.78 is 0. The predicted molar refractivity (Wildman–Crippen MR) is 55.4 cm³/mol. The van der Waals surface area contributed by atoms with Gasteiger partial charge in [0.25, 0.3) is 0 Å². The van der Waals surface area contributed by atoms with Crippen LogP contribution in [0.15, 0.2) is 12.2 Å². The van der Waals surface area contributed by atoms with Crippen molar-refractivity contribution in [3.8, 4) is 0 Å². The molecule has 4 unspecified atom stereocenters. The maximum atomic E-state index is 11.3. The number of nitrogens with one attached hydrogen (secondary N) is 1. The van der Waals surface area contributed by atoms with Crippen LogP contribution in [0.2, 0.25) is 0 Å². The van der Waals surface area contributed by atoms with Gasteiger partial charge < -0.3 is 0 Å². The SMILES string of the molecule is Cl.Cl.O=C1NC(=O)C2C3C=CC(C3)C12. The first-order chi connectivity index (χ1) is 5.77. The second kappa shape index (κ2) is 3.55. The Bertz CT molecular complexity index is 288. The Balaban J connectivity index is 0.000000490. The van der Waals surface area contributed by atoms with Crippen molar-refractivity contribution in [2.75, 3.05) is 0 Å². The molecule has 0 aromatic heterocycles. The van der Waals surface area contributed by atoms with Gasteiger partial charge in [0, 0.05) is 0 Å². The number of carbonyl (C=O) groups excluding carboxylic acids is 2. The third kappa shape index (κ3) is 1.19. The Morgan fingerprint density at radius 3 is 1.86 bits per heavy atom. The third-order valence-corrected chi connectivity index (χ3v) is 3.31. The number of hydrogen-bond donors (Lipinski definition) is 1. The highest BCUT2D eigenvalue weighted by Gasteiger charge is 2.55. The van der Waals surface area contributed by atoms with Crippen LogP contribution in [0.4, 0.5) is 0 Å². The van der Waals surface area contributed by atoms with E-state index in [9.17, 15) is 9.59 Å². The zero-order chi connectivity index (χ0) is 8.29. The lowest BCUT2D eigenvalue weighted by Gasteiger charge is -2.14. The van der Waals surface area contributed by atoms with Crippen LogP contribution in [0.3, 0.4) is 0 Å². The lowest BCUT2D eigenvalue weighted by atomic mass is 9.85. The largest absolute Gasteiger partial charge is 0.296 e. The van der Waals surface area contributed by atoms with E-state index in [2.05, 4.69) is 17.5 Å². The molecule has 0 spiro atoms. The molecule has 2 fully saturated rings. The molecule has 1 N–H and O–H groups in total. The van der Waals surface area contributed by atoms with E-state index in [0.29, 0.717) is 11.8 Å². The molecule has 3 aliphatic rings. The summed E-state index contributed by atoms with van der Waals surface area (Å²) in [5.74, 6) is 0.501. The highest BCUT2D eigenvalue weighted by Crippen LogP contribution is 2.50. The van der Waals surface area contributed by atoms with Crippen molar-refractivity contribution in [3.63, 3.8) is 0 Å². The van der Waals surface area contributed by atoms with E-state index in [0.717, 1.165) is 6.42 Å². The van der Waals surface area contributed by atoms with E-state index in [1.165, 1.54) is 0 Å². The molecule has 0 aromatic carbocycles. The smallest absolute Gasteiger partial charge is 0.231 e. The Morgan fingerprint density at radius 1 is 1.00 bits per heavy atom. The Kier molecular flexibility index (Phi) is 2.93. The lowest BCUT2D eigenvalue weighted by Crippen LogP contribution is -2.25. The topological polar surface area (TPSA) is 46.2 Å². The van der Waals surface area contributed by atoms with Crippen LogP contribution in [0.25, 0.3) is 0 Å². The van der Waals surface area contributed by atoms with Crippen LogP contribution >= 0.6 is 24.8 Å². The fourth-order valence-corrected chi connectivity index (χ4v) is 2.83. The number of imide groups is 1. The summed E-state index contributed by atoms with van der Waals surface area (Å²) in [6.45, 7) is 0. The Labute approximate surface area is 94.1 Å². The average molecular weight is 236 g/mol. The molecule has 0 aromatic rings. The highest BCUT2D eigenvalue weighted by molar-refractivity contribution is 6.06. The molecule has 2 amide bonds. The molecule has 5 heteroatoms. The molecular weight excluding hydrogens is 225 g/mol. The highest BCUT2D eigenvalue weighted by atomic mass is 35.5. The maximum absolute atomic E-state index is 11.3. The van der Waals surface area contributed by atoms with E-state index in [1.54, 1.807) is 0 Å². The molecule has 4 atom stereocenters. The van der Waals surface area contributed by atoms with Crippen LogP contribution in [-0.4, -0.2) is 11.8 Å². The van der Waals surface area contributed by atoms with Crippen molar-refractivity contribution in [2.24, 2.45) is 23.7 Å². The molecule has 3 rings (SSSR count). The normalized spacial score (nSPS) is 41.4. The molecule has 78 valence electrons. The van der Waals surface area contributed by atoms with Crippen LogP contribution in [-0.2, 0) is 9.59 Å². The zero-order valence-electron chi connectivity index (χ0n) is 7.30. The fraction of sp³-hybridized carbons (Fsp3) is 0.556. The van der Waals surface area contributed by atoms with Gasteiger partial charge in [-0.15, -0.1) is 24.8 Å². The minimum atomic E-state index is -0.0538. The van der Waals surface area contributed by atoms with E-state index in [-0.39, 0.29) is 48.5 Å². The Hall–Kier alpha value is -0.540. The second-order valence-electron chi connectivity index (χ2n) is 3.85. The summed E-state index contributed by atoms with van der Waals surface area (Å²) in [5.41, 5.74) is 0. The lowest BCUT2D eigenvalue weighted by molar-refractivity contribution is -0.126. The van der Waals surface area contributed by atoms with Crippen LogP contribution in [0.1, 0.15) is 6.42 Å². The van der Waals surface area contributed by atoms with Crippen LogP contribution in [0, 0.1) is 23.7 Å². The minimum Gasteiger partial charge on any atom is -0.296 e. The third-order valence-electron chi connectivity index (χ3n) is 3.31. The number of fused-ring (bicyclic) bond motifs is 5. The number of amides is 2. The van der Waals surface area contributed by atoms with Gasteiger partial charge in [-0.2, -0.15) is 0 Å². The van der Waals surface area contributed by atoms with Crippen LogP contribution in [0.5, 0.6) is 0 Å². The monoisotopic (exact) mass is 235 g/mol. The number of rotatable bonds is 0. The van der Waals surface area contributed by atoms with Gasteiger partial charge in [-0.3, -0.25) is 14.9 Å². The van der Waals surface area contributed by atoms with Gasteiger partial charge in [0.15, 0.2) is 0 Å². The van der Waals surface area contributed by atoms with Crippen LogP contribution < -0.4 is 5.32 Å². The van der Waals surface area contributed by atoms with Gasteiger partial charge >= 0.3 is 0 Å². The predicted octanol–water partition coefficient (Wildman–Crippen LogP) is 0.925. The molecule has 1 saturated carbocycles.